The molecule has 0 saturated carbocycles. The predicted molar refractivity (Wildman–Crippen MR) is 87.1 cm³/mol. The van der Waals surface area contributed by atoms with E-state index in [-0.39, 0.29) is 17.8 Å². The molecule has 2 N–H and O–H groups in total. The Bertz CT molecular complexity index is 696. The highest BCUT2D eigenvalue weighted by molar-refractivity contribution is 6.39. The minimum atomic E-state index is -0.192. The van der Waals surface area contributed by atoms with Crippen LogP contribution in [0, 0.1) is 0 Å². The van der Waals surface area contributed by atoms with Gasteiger partial charge in [-0.3, -0.25) is 4.79 Å². The van der Waals surface area contributed by atoms with Gasteiger partial charge in [0, 0.05) is 13.0 Å². The summed E-state index contributed by atoms with van der Waals surface area (Å²) in [6, 6.07) is 16.7. The van der Waals surface area contributed by atoms with Crippen molar-refractivity contribution < 1.29 is 14.7 Å². The molecule has 0 saturated heterocycles. The highest BCUT2D eigenvalue weighted by Gasteiger charge is 2.26. The van der Waals surface area contributed by atoms with Crippen molar-refractivity contribution in [2.75, 3.05) is 6.54 Å². The van der Waals surface area contributed by atoms with Gasteiger partial charge in [-0.1, -0.05) is 47.6 Å². The minimum Gasteiger partial charge on any atom is -0.508 e. The minimum absolute atomic E-state index is 0.186. The fourth-order valence-electron chi connectivity index (χ4n) is 2.44. The summed E-state index contributed by atoms with van der Waals surface area (Å²) in [5.74, 6) is 0.0457. The van der Waals surface area contributed by atoms with E-state index in [0.29, 0.717) is 25.1 Å². The number of amides is 1. The van der Waals surface area contributed by atoms with E-state index in [1.807, 2.05) is 42.5 Å². The molecule has 1 amide bonds. The van der Waals surface area contributed by atoms with Crippen LogP contribution < -0.4 is 5.32 Å². The molecular formula is C18H18N2O3. The zero-order valence-electron chi connectivity index (χ0n) is 12.6. The van der Waals surface area contributed by atoms with E-state index in [2.05, 4.69) is 10.5 Å². The van der Waals surface area contributed by atoms with Gasteiger partial charge in [-0.15, -0.1) is 0 Å². The maximum absolute atomic E-state index is 12.1. The standard InChI is InChI=1S/C18H18N2O3/c21-15-8-6-13(7-9-15)10-11-19-18(22)16-12-17(23-20-16)14-4-2-1-3-5-14/h1-9,17,21H,10-12H2,(H,19,22). The van der Waals surface area contributed by atoms with Crippen LogP contribution in [0.2, 0.25) is 0 Å². The molecule has 1 heterocycles. The summed E-state index contributed by atoms with van der Waals surface area (Å²) in [6.45, 7) is 0.513. The summed E-state index contributed by atoms with van der Waals surface area (Å²) in [4.78, 5) is 17.5. The number of hydrogen-bond donors (Lipinski definition) is 2. The fraction of sp³-hybridized carbons (Fsp3) is 0.222. The highest BCUT2D eigenvalue weighted by atomic mass is 16.6. The summed E-state index contributed by atoms with van der Waals surface area (Å²) in [5.41, 5.74) is 2.49. The lowest BCUT2D eigenvalue weighted by Crippen LogP contribution is -2.32. The van der Waals surface area contributed by atoms with Crippen molar-refractivity contribution in [1.82, 2.24) is 5.32 Å². The zero-order valence-corrected chi connectivity index (χ0v) is 12.6. The molecule has 0 bridgehead atoms. The van der Waals surface area contributed by atoms with E-state index in [1.54, 1.807) is 12.1 Å². The van der Waals surface area contributed by atoms with Gasteiger partial charge < -0.3 is 15.3 Å². The van der Waals surface area contributed by atoms with Gasteiger partial charge in [0.15, 0.2) is 6.10 Å². The van der Waals surface area contributed by atoms with Crippen molar-refractivity contribution >= 4 is 11.6 Å². The summed E-state index contributed by atoms with van der Waals surface area (Å²) in [5, 5.41) is 16.0. The molecule has 1 atom stereocenters. The maximum Gasteiger partial charge on any atom is 0.269 e. The first-order valence-electron chi connectivity index (χ1n) is 7.56. The fourth-order valence-corrected chi connectivity index (χ4v) is 2.44. The topological polar surface area (TPSA) is 70.9 Å². The van der Waals surface area contributed by atoms with Crippen LogP contribution in [-0.4, -0.2) is 23.3 Å². The third kappa shape index (κ3) is 3.88. The molecule has 2 aromatic rings. The molecule has 3 rings (SSSR count). The number of carbonyl (C=O) groups is 1. The molecule has 0 aliphatic carbocycles. The van der Waals surface area contributed by atoms with Crippen molar-refractivity contribution in [1.29, 1.82) is 0 Å². The molecule has 0 fully saturated rings. The highest BCUT2D eigenvalue weighted by Crippen LogP contribution is 2.26. The number of carbonyl (C=O) groups excluding carboxylic acids is 1. The number of nitrogens with one attached hydrogen (secondary N) is 1. The van der Waals surface area contributed by atoms with Crippen molar-refractivity contribution in [2.24, 2.45) is 5.16 Å². The number of rotatable bonds is 5. The second kappa shape index (κ2) is 6.96. The molecule has 2 aromatic carbocycles. The monoisotopic (exact) mass is 310 g/mol. The Balaban J connectivity index is 1.47. The van der Waals surface area contributed by atoms with Crippen LogP contribution in [0.3, 0.4) is 0 Å². The smallest absolute Gasteiger partial charge is 0.269 e. The van der Waals surface area contributed by atoms with Crippen LogP contribution >= 0.6 is 0 Å². The van der Waals surface area contributed by atoms with E-state index in [4.69, 9.17) is 4.84 Å². The molecule has 1 aliphatic heterocycles. The Morgan fingerprint density at radius 1 is 1.17 bits per heavy atom. The quantitative estimate of drug-likeness (QED) is 0.891. The molecule has 5 nitrogen and oxygen atoms in total. The van der Waals surface area contributed by atoms with Crippen molar-refractivity contribution in [3.63, 3.8) is 0 Å². The lowest BCUT2D eigenvalue weighted by Gasteiger charge is -2.07. The lowest BCUT2D eigenvalue weighted by atomic mass is 10.0. The van der Waals surface area contributed by atoms with E-state index in [0.717, 1.165) is 11.1 Å². The van der Waals surface area contributed by atoms with Gasteiger partial charge >= 0.3 is 0 Å². The molecule has 0 radical (unpaired) electrons. The van der Waals surface area contributed by atoms with Crippen LogP contribution in [0.5, 0.6) is 5.75 Å². The zero-order chi connectivity index (χ0) is 16.1. The van der Waals surface area contributed by atoms with Crippen molar-refractivity contribution in [2.45, 2.75) is 18.9 Å². The number of phenolic OH excluding ortho intramolecular Hbond substituents is 1. The van der Waals surface area contributed by atoms with Crippen LogP contribution in [0.4, 0.5) is 0 Å². The molecule has 1 unspecified atom stereocenters. The van der Waals surface area contributed by atoms with Gasteiger partial charge in [0.05, 0.1) is 0 Å². The Hall–Kier alpha value is -2.82. The predicted octanol–water partition coefficient (Wildman–Crippen LogP) is 2.57. The van der Waals surface area contributed by atoms with Crippen LogP contribution in [0.1, 0.15) is 23.7 Å². The Kier molecular flexibility index (Phi) is 4.57. The Morgan fingerprint density at radius 3 is 2.65 bits per heavy atom. The van der Waals surface area contributed by atoms with E-state index in [1.165, 1.54) is 0 Å². The first-order valence-corrected chi connectivity index (χ1v) is 7.56. The Labute approximate surface area is 134 Å². The third-order valence-electron chi connectivity index (χ3n) is 3.74. The summed E-state index contributed by atoms with van der Waals surface area (Å²) in [7, 11) is 0. The second-order valence-electron chi connectivity index (χ2n) is 5.42. The number of hydrogen-bond acceptors (Lipinski definition) is 4. The van der Waals surface area contributed by atoms with E-state index < -0.39 is 0 Å². The lowest BCUT2D eigenvalue weighted by molar-refractivity contribution is -0.114. The van der Waals surface area contributed by atoms with Gasteiger partial charge in [-0.25, -0.2) is 0 Å². The number of aromatic hydroxyl groups is 1. The third-order valence-corrected chi connectivity index (χ3v) is 3.74. The second-order valence-corrected chi connectivity index (χ2v) is 5.42. The average molecular weight is 310 g/mol. The number of nitrogens with zero attached hydrogens (tertiary/aromatic N) is 1. The van der Waals surface area contributed by atoms with Crippen LogP contribution in [-0.2, 0) is 16.1 Å². The SMILES string of the molecule is O=C(NCCc1ccc(O)cc1)C1=NOC(c2ccccc2)C1. The van der Waals surface area contributed by atoms with Crippen molar-refractivity contribution in [3.05, 3.63) is 65.7 Å². The van der Waals surface area contributed by atoms with Gasteiger partial charge in [-0.2, -0.15) is 0 Å². The van der Waals surface area contributed by atoms with Gasteiger partial charge in [0.2, 0.25) is 0 Å². The normalized spacial score (nSPS) is 16.5. The molecule has 0 aromatic heterocycles. The number of phenols is 1. The summed E-state index contributed by atoms with van der Waals surface area (Å²) >= 11 is 0. The largest absolute Gasteiger partial charge is 0.508 e. The molecular weight excluding hydrogens is 292 g/mol. The first kappa shape index (κ1) is 15.1. The van der Waals surface area contributed by atoms with Gasteiger partial charge in [0.25, 0.3) is 5.91 Å². The van der Waals surface area contributed by atoms with E-state index >= 15 is 0 Å². The van der Waals surface area contributed by atoms with E-state index in [9.17, 15) is 9.90 Å². The number of benzene rings is 2. The Morgan fingerprint density at radius 2 is 1.91 bits per heavy atom. The summed E-state index contributed by atoms with van der Waals surface area (Å²) < 4.78 is 0. The molecule has 0 spiro atoms. The summed E-state index contributed by atoms with van der Waals surface area (Å²) in [6.07, 6.45) is 0.992. The average Bonchev–Trinajstić information content (AvgIpc) is 3.07. The van der Waals surface area contributed by atoms with Gasteiger partial charge in [-0.05, 0) is 29.7 Å². The molecule has 23 heavy (non-hydrogen) atoms. The molecule has 5 heteroatoms. The first-order chi connectivity index (χ1) is 11.2. The molecule has 1 aliphatic rings. The van der Waals surface area contributed by atoms with Crippen LogP contribution in [0.25, 0.3) is 0 Å². The van der Waals surface area contributed by atoms with Crippen molar-refractivity contribution in [3.8, 4) is 5.75 Å². The number of oxime groups is 1. The van der Waals surface area contributed by atoms with Crippen LogP contribution in [0.15, 0.2) is 59.8 Å². The van der Waals surface area contributed by atoms with Gasteiger partial charge in [0.1, 0.15) is 11.5 Å². The maximum atomic E-state index is 12.1. The molecule has 118 valence electrons.